The third-order valence-corrected chi connectivity index (χ3v) is 3.08. The van der Waals surface area contributed by atoms with Crippen molar-refractivity contribution in [3.63, 3.8) is 0 Å². The second kappa shape index (κ2) is 3.89. The van der Waals surface area contributed by atoms with Gasteiger partial charge in [-0.1, -0.05) is 12.1 Å². The van der Waals surface area contributed by atoms with Gasteiger partial charge in [0.1, 0.15) is 11.6 Å². The van der Waals surface area contributed by atoms with Crippen molar-refractivity contribution in [3.05, 3.63) is 36.2 Å². The second-order valence-electron chi connectivity index (χ2n) is 4.42. The van der Waals surface area contributed by atoms with Crippen molar-refractivity contribution in [2.45, 2.75) is 25.4 Å². The Morgan fingerprint density at radius 2 is 2.12 bits per heavy atom. The molecule has 1 saturated carbocycles. The molecule has 88 valence electrons. The van der Waals surface area contributed by atoms with Crippen LogP contribution in [0.5, 0.6) is 5.75 Å². The van der Waals surface area contributed by atoms with Gasteiger partial charge in [-0.15, -0.1) is 0 Å². The number of nitrogens with zero attached hydrogens (tertiary/aromatic N) is 2. The molecule has 0 atom stereocenters. The highest BCUT2D eigenvalue weighted by molar-refractivity contribution is 5.64. The first-order valence-corrected chi connectivity index (χ1v) is 5.86. The number of rotatable bonds is 3. The van der Waals surface area contributed by atoms with Gasteiger partial charge in [0.15, 0.2) is 0 Å². The minimum Gasteiger partial charge on any atom is -0.507 e. The summed E-state index contributed by atoms with van der Waals surface area (Å²) in [5.41, 5.74) is 7.28. The lowest BCUT2D eigenvalue weighted by Gasteiger charge is -2.07. The van der Waals surface area contributed by atoms with Crippen molar-refractivity contribution in [2.24, 2.45) is 5.73 Å². The zero-order chi connectivity index (χ0) is 11.8. The lowest BCUT2D eigenvalue weighted by atomic mass is 10.2. The summed E-state index contributed by atoms with van der Waals surface area (Å²) < 4.78 is 2.14. The maximum absolute atomic E-state index is 9.89. The van der Waals surface area contributed by atoms with E-state index in [0.29, 0.717) is 12.6 Å². The van der Waals surface area contributed by atoms with E-state index in [4.69, 9.17) is 5.73 Å². The molecule has 0 amide bonds. The topological polar surface area (TPSA) is 64.1 Å². The van der Waals surface area contributed by atoms with Crippen molar-refractivity contribution in [3.8, 4) is 17.1 Å². The van der Waals surface area contributed by atoms with Gasteiger partial charge < -0.3 is 15.4 Å². The van der Waals surface area contributed by atoms with Crippen LogP contribution in [-0.2, 0) is 6.54 Å². The number of phenols is 1. The molecule has 0 saturated heterocycles. The third kappa shape index (κ3) is 1.80. The molecule has 1 heterocycles. The molecule has 17 heavy (non-hydrogen) atoms. The standard InChI is InChI=1S/C13H15N3O/c14-7-9-8-16(10-5-6-10)13(15-9)11-3-1-2-4-12(11)17/h1-4,8,10,17H,5-7,14H2. The molecule has 1 aromatic heterocycles. The minimum atomic E-state index is 0.267. The summed E-state index contributed by atoms with van der Waals surface area (Å²) >= 11 is 0. The van der Waals surface area contributed by atoms with Gasteiger partial charge in [-0.25, -0.2) is 4.98 Å². The molecule has 1 fully saturated rings. The minimum absolute atomic E-state index is 0.267. The zero-order valence-electron chi connectivity index (χ0n) is 9.50. The Balaban J connectivity index is 2.12. The summed E-state index contributed by atoms with van der Waals surface area (Å²) in [5, 5.41) is 9.89. The molecule has 4 nitrogen and oxygen atoms in total. The molecule has 0 aliphatic heterocycles. The van der Waals surface area contributed by atoms with Crippen LogP contribution in [0.4, 0.5) is 0 Å². The number of imidazole rings is 1. The molecule has 1 aromatic carbocycles. The van der Waals surface area contributed by atoms with E-state index in [9.17, 15) is 5.11 Å². The maximum Gasteiger partial charge on any atom is 0.144 e. The first-order valence-electron chi connectivity index (χ1n) is 5.86. The van der Waals surface area contributed by atoms with Crippen LogP contribution in [-0.4, -0.2) is 14.7 Å². The molecule has 0 radical (unpaired) electrons. The second-order valence-corrected chi connectivity index (χ2v) is 4.42. The molecule has 1 aliphatic carbocycles. The van der Waals surface area contributed by atoms with Crippen LogP contribution in [0.3, 0.4) is 0 Å². The Bertz CT molecular complexity index is 543. The van der Waals surface area contributed by atoms with E-state index in [-0.39, 0.29) is 5.75 Å². The van der Waals surface area contributed by atoms with E-state index in [1.54, 1.807) is 6.07 Å². The monoisotopic (exact) mass is 229 g/mol. The van der Waals surface area contributed by atoms with Gasteiger partial charge in [0.25, 0.3) is 0 Å². The van der Waals surface area contributed by atoms with Gasteiger partial charge in [0.05, 0.1) is 11.3 Å². The van der Waals surface area contributed by atoms with Crippen molar-refractivity contribution >= 4 is 0 Å². The van der Waals surface area contributed by atoms with Gasteiger partial charge >= 0.3 is 0 Å². The summed E-state index contributed by atoms with van der Waals surface area (Å²) in [5.74, 6) is 1.09. The number of aromatic nitrogens is 2. The lowest BCUT2D eigenvalue weighted by Crippen LogP contribution is -1.95. The molecule has 0 unspecified atom stereocenters. The van der Waals surface area contributed by atoms with E-state index in [2.05, 4.69) is 9.55 Å². The van der Waals surface area contributed by atoms with Gasteiger partial charge in [-0.05, 0) is 25.0 Å². The molecular formula is C13H15N3O. The van der Waals surface area contributed by atoms with E-state index in [1.807, 2.05) is 24.4 Å². The van der Waals surface area contributed by atoms with Crippen molar-refractivity contribution < 1.29 is 5.11 Å². The first-order chi connectivity index (χ1) is 8.29. The number of para-hydroxylation sites is 1. The predicted molar refractivity (Wildman–Crippen MR) is 65.5 cm³/mol. The smallest absolute Gasteiger partial charge is 0.144 e. The highest BCUT2D eigenvalue weighted by atomic mass is 16.3. The summed E-state index contributed by atoms with van der Waals surface area (Å²) in [6, 6.07) is 7.81. The van der Waals surface area contributed by atoms with E-state index in [0.717, 1.165) is 17.1 Å². The van der Waals surface area contributed by atoms with Gasteiger partial charge in [0, 0.05) is 18.8 Å². The quantitative estimate of drug-likeness (QED) is 0.846. The Kier molecular flexibility index (Phi) is 2.37. The van der Waals surface area contributed by atoms with Crippen LogP contribution in [0.25, 0.3) is 11.4 Å². The maximum atomic E-state index is 9.89. The fraction of sp³-hybridized carbons (Fsp3) is 0.308. The Morgan fingerprint density at radius 1 is 1.35 bits per heavy atom. The highest BCUT2D eigenvalue weighted by Gasteiger charge is 2.27. The predicted octanol–water partition coefficient (Wildman–Crippen LogP) is 2.05. The lowest BCUT2D eigenvalue weighted by molar-refractivity contribution is 0.476. The summed E-state index contributed by atoms with van der Waals surface area (Å²) in [6.07, 6.45) is 4.36. The highest BCUT2D eigenvalue weighted by Crippen LogP contribution is 2.40. The fourth-order valence-corrected chi connectivity index (χ4v) is 2.04. The van der Waals surface area contributed by atoms with E-state index < -0.39 is 0 Å². The van der Waals surface area contributed by atoms with Crippen molar-refractivity contribution in [1.82, 2.24) is 9.55 Å². The number of benzene rings is 1. The van der Waals surface area contributed by atoms with Crippen molar-refractivity contribution in [2.75, 3.05) is 0 Å². The van der Waals surface area contributed by atoms with Gasteiger partial charge in [0.2, 0.25) is 0 Å². The number of hydrogen-bond acceptors (Lipinski definition) is 3. The molecule has 0 bridgehead atoms. The number of hydrogen-bond donors (Lipinski definition) is 2. The SMILES string of the molecule is NCc1cn(C2CC2)c(-c2ccccc2O)n1. The molecule has 0 spiro atoms. The van der Waals surface area contributed by atoms with Crippen LogP contribution < -0.4 is 5.73 Å². The van der Waals surface area contributed by atoms with Gasteiger partial charge in [-0.3, -0.25) is 0 Å². The molecular weight excluding hydrogens is 214 g/mol. The van der Waals surface area contributed by atoms with Crippen LogP contribution in [0.2, 0.25) is 0 Å². The van der Waals surface area contributed by atoms with E-state index >= 15 is 0 Å². The molecule has 2 aromatic rings. The summed E-state index contributed by atoms with van der Waals surface area (Å²) in [7, 11) is 0. The number of nitrogens with two attached hydrogens (primary N) is 1. The molecule has 1 aliphatic rings. The Hall–Kier alpha value is -1.81. The third-order valence-electron chi connectivity index (χ3n) is 3.08. The Morgan fingerprint density at radius 3 is 2.76 bits per heavy atom. The van der Waals surface area contributed by atoms with Crippen LogP contribution in [0, 0.1) is 0 Å². The Labute approximate surface area is 99.7 Å². The summed E-state index contributed by atoms with van der Waals surface area (Å²) in [4.78, 5) is 4.50. The average Bonchev–Trinajstić information content (AvgIpc) is 3.10. The van der Waals surface area contributed by atoms with E-state index in [1.165, 1.54) is 12.8 Å². The average molecular weight is 229 g/mol. The summed E-state index contributed by atoms with van der Waals surface area (Å²) in [6.45, 7) is 0.431. The van der Waals surface area contributed by atoms with Gasteiger partial charge in [-0.2, -0.15) is 0 Å². The van der Waals surface area contributed by atoms with Crippen LogP contribution in [0.1, 0.15) is 24.6 Å². The molecule has 4 heteroatoms. The van der Waals surface area contributed by atoms with Crippen LogP contribution in [0.15, 0.2) is 30.5 Å². The number of aromatic hydroxyl groups is 1. The molecule has 3 N–H and O–H groups in total. The number of phenolic OH excluding ortho intramolecular Hbond substituents is 1. The molecule has 3 rings (SSSR count). The first kappa shape index (κ1) is 10.4. The largest absolute Gasteiger partial charge is 0.507 e. The zero-order valence-corrected chi connectivity index (χ0v) is 9.50. The normalized spacial score (nSPS) is 15.1. The van der Waals surface area contributed by atoms with Crippen LogP contribution >= 0.6 is 0 Å². The van der Waals surface area contributed by atoms with Crippen molar-refractivity contribution in [1.29, 1.82) is 0 Å². The fourth-order valence-electron chi connectivity index (χ4n) is 2.04.